The Labute approximate surface area is 131 Å². The molecule has 0 aromatic heterocycles. The summed E-state index contributed by atoms with van der Waals surface area (Å²) < 4.78 is 6.43. The number of nitrogens with zero attached hydrogens (tertiary/aromatic N) is 1. The summed E-state index contributed by atoms with van der Waals surface area (Å²) in [5.41, 5.74) is 2.38. The highest BCUT2D eigenvalue weighted by Crippen LogP contribution is 2.28. The number of halogens is 1. The number of carboxylic acids is 1. The van der Waals surface area contributed by atoms with Gasteiger partial charge >= 0.3 is 5.97 Å². The lowest BCUT2D eigenvalue weighted by molar-refractivity contribution is -0.155. The molecule has 21 heavy (non-hydrogen) atoms. The van der Waals surface area contributed by atoms with E-state index in [4.69, 9.17) is 9.84 Å². The molecule has 0 radical (unpaired) electrons. The number of aliphatic carboxylic acids is 1. The number of fused-ring (bicyclic) bond motifs is 1. The van der Waals surface area contributed by atoms with Crippen LogP contribution < -0.4 is 0 Å². The average Bonchev–Trinajstić information content (AvgIpc) is 2.96. The van der Waals surface area contributed by atoms with Gasteiger partial charge in [0.1, 0.15) is 6.10 Å². The summed E-state index contributed by atoms with van der Waals surface area (Å²) in [5, 5.41) is 8.93. The summed E-state index contributed by atoms with van der Waals surface area (Å²) in [4.78, 5) is 25.1. The van der Waals surface area contributed by atoms with Gasteiger partial charge in [0.25, 0.3) is 5.91 Å². The molecular formula is C15H16BrNO4. The molecule has 0 aliphatic carbocycles. The van der Waals surface area contributed by atoms with Crippen LogP contribution >= 0.6 is 15.9 Å². The van der Waals surface area contributed by atoms with Crippen LogP contribution in [0.4, 0.5) is 0 Å². The van der Waals surface area contributed by atoms with Crippen LogP contribution in [0.5, 0.6) is 0 Å². The van der Waals surface area contributed by atoms with Crippen LogP contribution in [-0.4, -0.2) is 40.6 Å². The standard InChI is InChI=1S/C15H16BrNO4/c16-11-3-1-2-9-8-17(7-6-10(9)11)14(18)12-4-5-13(21-12)15(19)20/h1-3,12-13H,4-8H2,(H,19,20)/t12-,13+/m0/s1. The molecule has 2 atom stereocenters. The highest BCUT2D eigenvalue weighted by molar-refractivity contribution is 9.10. The molecule has 6 heteroatoms. The largest absolute Gasteiger partial charge is 0.479 e. The third kappa shape index (κ3) is 2.82. The van der Waals surface area contributed by atoms with Crippen molar-refractivity contribution in [2.24, 2.45) is 0 Å². The van der Waals surface area contributed by atoms with Gasteiger partial charge in [0, 0.05) is 17.6 Å². The molecule has 1 aromatic carbocycles. The SMILES string of the molecule is O=C(O)[C@H]1CC[C@@H](C(=O)N2CCc3c(Br)cccc3C2)O1. The van der Waals surface area contributed by atoms with Crippen LogP contribution in [0.3, 0.4) is 0 Å². The van der Waals surface area contributed by atoms with Crippen LogP contribution in [0.25, 0.3) is 0 Å². The van der Waals surface area contributed by atoms with Crippen molar-refractivity contribution in [1.82, 2.24) is 4.90 Å². The summed E-state index contributed by atoms with van der Waals surface area (Å²) in [6.45, 7) is 1.21. The van der Waals surface area contributed by atoms with Crippen LogP contribution in [0.2, 0.25) is 0 Å². The Morgan fingerprint density at radius 1 is 1.29 bits per heavy atom. The third-order valence-electron chi connectivity index (χ3n) is 4.09. The molecule has 1 N–H and O–H groups in total. The number of ether oxygens (including phenoxy) is 1. The molecule has 112 valence electrons. The van der Waals surface area contributed by atoms with E-state index < -0.39 is 18.2 Å². The van der Waals surface area contributed by atoms with Gasteiger partial charge in [0.2, 0.25) is 0 Å². The van der Waals surface area contributed by atoms with Crippen LogP contribution in [0.15, 0.2) is 22.7 Å². The summed E-state index contributed by atoms with van der Waals surface area (Å²) >= 11 is 3.54. The van der Waals surface area contributed by atoms with E-state index in [1.54, 1.807) is 4.90 Å². The molecule has 1 fully saturated rings. The Kier molecular flexibility index (Phi) is 3.99. The first-order valence-corrected chi connectivity index (χ1v) is 7.79. The van der Waals surface area contributed by atoms with Crippen molar-refractivity contribution in [2.45, 2.75) is 38.0 Å². The highest BCUT2D eigenvalue weighted by Gasteiger charge is 2.37. The number of benzene rings is 1. The maximum Gasteiger partial charge on any atom is 0.332 e. The summed E-state index contributed by atoms with van der Waals surface area (Å²) in [7, 11) is 0. The lowest BCUT2D eigenvalue weighted by atomic mass is 9.99. The smallest absolute Gasteiger partial charge is 0.332 e. The first-order chi connectivity index (χ1) is 10.1. The molecule has 3 rings (SSSR count). The van der Waals surface area contributed by atoms with Gasteiger partial charge in [-0.3, -0.25) is 4.79 Å². The van der Waals surface area contributed by atoms with Crippen molar-refractivity contribution in [3.05, 3.63) is 33.8 Å². The number of carbonyl (C=O) groups is 2. The number of rotatable bonds is 2. The Morgan fingerprint density at radius 3 is 2.76 bits per heavy atom. The molecule has 1 aromatic rings. The van der Waals surface area contributed by atoms with E-state index in [2.05, 4.69) is 15.9 Å². The monoisotopic (exact) mass is 353 g/mol. The fourth-order valence-electron chi connectivity index (χ4n) is 2.96. The van der Waals surface area contributed by atoms with E-state index in [0.717, 1.165) is 16.5 Å². The van der Waals surface area contributed by atoms with E-state index in [1.165, 1.54) is 5.56 Å². The molecule has 0 unspecified atom stereocenters. The lowest BCUT2D eigenvalue weighted by Gasteiger charge is -2.31. The number of carboxylic acid groups (broad SMARTS) is 1. The van der Waals surface area contributed by atoms with E-state index in [-0.39, 0.29) is 5.91 Å². The summed E-state index contributed by atoms with van der Waals surface area (Å²) in [6.07, 6.45) is 0.238. The summed E-state index contributed by atoms with van der Waals surface area (Å²) in [5.74, 6) is -1.08. The van der Waals surface area contributed by atoms with E-state index in [1.807, 2.05) is 18.2 Å². The van der Waals surface area contributed by atoms with Gasteiger partial charge < -0.3 is 14.7 Å². The van der Waals surface area contributed by atoms with Crippen molar-refractivity contribution in [3.63, 3.8) is 0 Å². The van der Waals surface area contributed by atoms with Gasteiger partial charge in [0.15, 0.2) is 6.10 Å². The minimum atomic E-state index is -0.988. The minimum absolute atomic E-state index is 0.0932. The van der Waals surface area contributed by atoms with Gasteiger partial charge in [-0.1, -0.05) is 28.1 Å². The van der Waals surface area contributed by atoms with Gasteiger partial charge in [-0.2, -0.15) is 0 Å². The normalized spacial score (nSPS) is 24.7. The number of hydrogen-bond donors (Lipinski definition) is 1. The maximum absolute atomic E-state index is 12.5. The van der Waals surface area contributed by atoms with Gasteiger partial charge in [0.05, 0.1) is 0 Å². The van der Waals surface area contributed by atoms with E-state index in [0.29, 0.717) is 25.9 Å². The minimum Gasteiger partial charge on any atom is -0.479 e. The molecule has 2 aliphatic heterocycles. The van der Waals surface area contributed by atoms with Crippen molar-refractivity contribution >= 4 is 27.8 Å². The second kappa shape index (κ2) is 5.77. The second-order valence-corrected chi connectivity index (χ2v) is 6.27. The molecule has 2 aliphatic rings. The molecular weight excluding hydrogens is 338 g/mol. The molecule has 0 spiro atoms. The maximum atomic E-state index is 12.5. The van der Waals surface area contributed by atoms with Crippen molar-refractivity contribution in [1.29, 1.82) is 0 Å². The fourth-order valence-corrected chi connectivity index (χ4v) is 3.56. The predicted octanol–water partition coefficient (Wildman–Crippen LogP) is 1.97. The van der Waals surface area contributed by atoms with E-state index in [9.17, 15) is 9.59 Å². The van der Waals surface area contributed by atoms with Gasteiger partial charge in [-0.25, -0.2) is 4.79 Å². The first kappa shape index (κ1) is 14.5. The zero-order valence-corrected chi connectivity index (χ0v) is 13.0. The Hall–Kier alpha value is -1.40. The fraction of sp³-hybridized carbons (Fsp3) is 0.467. The highest BCUT2D eigenvalue weighted by atomic mass is 79.9. The Bertz CT molecular complexity index is 589. The lowest BCUT2D eigenvalue weighted by Crippen LogP contribution is -2.42. The molecule has 1 saturated heterocycles. The van der Waals surface area contributed by atoms with Gasteiger partial charge in [-0.05, 0) is 36.5 Å². The van der Waals surface area contributed by atoms with Crippen molar-refractivity contribution in [3.8, 4) is 0 Å². The zero-order chi connectivity index (χ0) is 15.0. The Balaban J connectivity index is 1.69. The first-order valence-electron chi connectivity index (χ1n) is 6.99. The molecule has 5 nitrogen and oxygen atoms in total. The van der Waals surface area contributed by atoms with E-state index >= 15 is 0 Å². The van der Waals surface area contributed by atoms with Crippen LogP contribution in [0, 0.1) is 0 Å². The quantitative estimate of drug-likeness (QED) is 0.882. The van der Waals surface area contributed by atoms with Crippen LogP contribution in [0.1, 0.15) is 24.0 Å². The van der Waals surface area contributed by atoms with Gasteiger partial charge in [-0.15, -0.1) is 0 Å². The molecule has 1 amide bonds. The van der Waals surface area contributed by atoms with Crippen LogP contribution in [-0.2, 0) is 27.3 Å². The third-order valence-corrected chi connectivity index (χ3v) is 4.83. The number of carbonyl (C=O) groups excluding carboxylic acids is 1. The second-order valence-electron chi connectivity index (χ2n) is 5.42. The topological polar surface area (TPSA) is 66.8 Å². The number of amides is 1. The molecule has 0 saturated carbocycles. The summed E-state index contributed by atoms with van der Waals surface area (Å²) in [6, 6.07) is 5.99. The zero-order valence-electron chi connectivity index (χ0n) is 11.4. The average molecular weight is 354 g/mol. The van der Waals surface area contributed by atoms with Crippen molar-refractivity contribution < 1.29 is 19.4 Å². The Morgan fingerprint density at radius 2 is 2.05 bits per heavy atom. The predicted molar refractivity (Wildman–Crippen MR) is 78.8 cm³/mol. The number of hydrogen-bond acceptors (Lipinski definition) is 3. The molecule has 2 heterocycles. The molecule has 0 bridgehead atoms. The van der Waals surface area contributed by atoms with Crippen molar-refractivity contribution in [2.75, 3.05) is 6.54 Å².